The quantitative estimate of drug-likeness (QED) is 0.153. The van der Waals surface area contributed by atoms with E-state index in [1.807, 2.05) is 18.2 Å². The second-order valence-corrected chi connectivity index (χ2v) is 15.9. The molecule has 2 heterocycles. The molecule has 3 nitrogen and oxygen atoms in total. The Bertz CT molecular complexity index is 3630. The van der Waals surface area contributed by atoms with Crippen molar-refractivity contribution in [2.45, 2.75) is 0 Å². The number of hydrogen-bond acceptors (Lipinski definition) is 3. The van der Waals surface area contributed by atoms with Gasteiger partial charge < -0.3 is 13.7 Å². The minimum Gasteiger partial charge on any atom is -0.456 e. The molecule has 2 aromatic heterocycles. The van der Waals surface area contributed by atoms with Crippen molar-refractivity contribution in [3.63, 3.8) is 0 Å². The van der Waals surface area contributed by atoms with Crippen LogP contribution in [0.3, 0.4) is 0 Å². The van der Waals surface area contributed by atoms with Crippen LogP contribution in [0.5, 0.6) is 0 Å². The highest BCUT2D eigenvalue weighted by molar-refractivity contribution is 6.13. The highest BCUT2D eigenvalue weighted by atomic mass is 16.3. The lowest BCUT2D eigenvalue weighted by molar-refractivity contribution is 0.669. The standard InChI is InChI=1S/C60H39NO2/c1-2-18-40(19-3-1)43-20-4-5-21-45(43)46-22-6-7-23-47(46)48-24-8-12-31-54(48)61(42-38-36-41(37-39-42)44-28-17-35-58-59(44)53-27-11-15-34-57(53)62-58)55-32-13-9-25-49(55)51-29-16-30-52-50-26-10-14-33-56(50)63-60(51)52/h1-39H. The molecule has 0 unspecified atom stereocenters. The lowest BCUT2D eigenvalue weighted by Crippen LogP contribution is -2.12. The number of rotatable bonds is 8. The first-order chi connectivity index (χ1) is 31.3. The molecule has 0 aliphatic rings. The summed E-state index contributed by atoms with van der Waals surface area (Å²) < 4.78 is 13.0. The van der Waals surface area contributed by atoms with Gasteiger partial charge in [-0.05, 0) is 81.4 Å². The second kappa shape index (κ2) is 15.3. The number of fused-ring (bicyclic) bond motifs is 6. The van der Waals surface area contributed by atoms with Crippen molar-refractivity contribution in [2.75, 3.05) is 4.90 Å². The minimum atomic E-state index is 0.873. The van der Waals surface area contributed by atoms with Gasteiger partial charge in [-0.1, -0.05) is 194 Å². The van der Waals surface area contributed by atoms with E-state index in [1.54, 1.807) is 0 Å². The molecular formula is C60H39NO2. The number of benzene rings is 10. The Balaban J connectivity index is 1.08. The van der Waals surface area contributed by atoms with E-state index < -0.39 is 0 Å². The zero-order valence-electron chi connectivity index (χ0n) is 34.3. The molecule has 0 saturated carbocycles. The van der Waals surface area contributed by atoms with E-state index in [-0.39, 0.29) is 0 Å². The maximum atomic E-state index is 6.69. The number of hydrogen-bond donors (Lipinski definition) is 0. The summed E-state index contributed by atoms with van der Waals surface area (Å²) in [6.07, 6.45) is 0. The zero-order valence-corrected chi connectivity index (χ0v) is 34.3. The Labute approximate surface area is 365 Å². The van der Waals surface area contributed by atoms with Crippen LogP contribution in [-0.2, 0) is 0 Å². The molecule has 63 heavy (non-hydrogen) atoms. The van der Waals surface area contributed by atoms with Crippen LogP contribution in [0.25, 0.3) is 99.5 Å². The SMILES string of the molecule is c1ccc(-c2ccccc2-c2ccccc2-c2ccccc2N(c2ccc(-c3cccc4oc5ccccc5c34)cc2)c2ccccc2-c2cccc3c2oc2ccccc23)cc1. The highest BCUT2D eigenvalue weighted by Gasteiger charge is 2.24. The topological polar surface area (TPSA) is 29.5 Å². The summed E-state index contributed by atoms with van der Waals surface area (Å²) in [6.45, 7) is 0. The smallest absolute Gasteiger partial charge is 0.143 e. The highest BCUT2D eigenvalue weighted by Crippen LogP contribution is 2.49. The molecule has 0 N–H and O–H groups in total. The van der Waals surface area contributed by atoms with Crippen molar-refractivity contribution < 1.29 is 8.83 Å². The third-order valence-electron chi connectivity index (χ3n) is 12.3. The van der Waals surface area contributed by atoms with Gasteiger partial charge in [0.1, 0.15) is 22.3 Å². The molecule has 0 atom stereocenters. The summed E-state index contributed by atoms with van der Waals surface area (Å²) in [5.41, 5.74) is 18.0. The molecule has 0 fully saturated rings. The average Bonchev–Trinajstić information content (AvgIpc) is 3.94. The molecule has 296 valence electrons. The Hall–Kier alpha value is -8.40. The van der Waals surface area contributed by atoms with Crippen molar-refractivity contribution in [3.8, 4) is 55.6 Å². The van der Waals surface area contributed by atoms with Crippen molar-refractivity contribution in [3.05, 3.63) is 237 Å². The van der Waals surface area contributed by atoms with Gasteiger partial charge >= 0.3 is 0 Å². The predicted octanol–water partition coefficient (Wildman–Crippen LogP) is 17.3. The summed E-state index contributed by atoms with van der Waals surface area (Å²) in [4.78, 5) is 2.42. The first kappa shape index (κ1) is 36.5. The average molecular weight is 806 g/mol. The lowest BCUT2D eigenvalue weighted by atomic mass is 9.88. The summed E-state index contributed by atoms with van der Waals surface area (Å²) in [6, 6.07) is 84.1. The van der Waals surface area contributed by atoms with Crippen LogP contribution in [0, 0.1) is 0 Å². The molecule has 3 heteroatoms. The van der Waals surface area contributed by atoms with E-state index in [2.05, 4.69) is 223 Å². The van der Waals surface area contributed by atoms with Gasteiger partial charge in [0.05, 0.1) is 11.4 Å². The van der Waals surface area contributed by atoms with Crippen LogP contribution in [0.1, 0.15) is 0 Å². The van der Waals surface area contributed by atoms with Gasteiger partial charge in [0.2, 0.25) is 0 Å². The molecule has 10 aromatic carbocycles. The third-order valence-corrected chi connectivity index (χ3v) is 12.3. The van der Waals surface area contributed by atoms with E-state index in [0.29, 0.717) is 0 Å². The van der Waals surface area contributed by atoms with Crippen LogP contribution in [0.15, 0.2) is 245 Å². The maximum Gasteiger partial charge on any atom is 0.143 e. The molecule has 0 aliphatic heterocycles. The molecule has 0 saturated heterocycles. The number of para-hydroxylation sites is 5. The fourth-order valence-electron chi connectivity index (χ4n) is 9.51. The van der Waals surface area contributed by atoms with E-state index in [0.717, 1.165) is 94.3 Å². The van der Waals surface area contributed by atoms with Gasteiger partial charge in [-0.25, -0.2) is 0 Å². The van der Waals surface area contributed by atoms with Crippen molar-refractivity contribution in [1.82, 2.24) is 0 Å². The second-order valence-electron chi connectivity index (χ2n) is 15.9. The van der Waals surface area contributed by atoms with E-state index in [9.17, 15) is 0 Å². The molecular weight excluding hydrogens is 767 g/mol. The van der Waals surface area contributed by atoms with Gasteiger partial charge in [0, 0.05) is 43.9 Å². The summed E-state index contributed by atoms with van der Waals surface area (Å²) in [5, 5.41) is 4.45. The van der Waals surface area contributed by atoms with E-state index in [4.69, 9.17) is 8.83 Å². The fraction of sp³-hybridized carbons (Fsp3) is 0. The van der Waals surface area contributed by atoms with Gasteiger partial charge in [-0.2, -0.15) is 0 Å². The van der Waals surface area contributed by atoms with Gasteiger partial charge in [-0.3, -0.25) is 0 Å². The number of nitrogens with zero attached hydrogens (tertiary/aromatic N) is 1. The Morgan fingerprint density at radius 1 is 0.254 bits per heavy atom. The Kier molecular flexibility index (Phi) is 8.83. The molecule has 12 rings (SSSR count). The van der Waals surface area contributed by atoms with Crippen LogP contribution in [0.4, 0.5) is 17.1 Å². The summed E-state index contributed by atoms with van der Waals surface area (Å²) >= 11 is 0. The Morgan fingerprint density at radius 3 is 1.41 bits per heavy atom. The normalized spacial score (nSPS) is 11.5. The number of anilines is 3. The maximum absolute atomic E-state index is 6.69. The first-order valence-electron chi connectivity index (χ1n) is 21.4. The largest absolute Gasteiger partial charge is 0.456 e. The summed E-state index contributed by atoms with van der Waals surface area (Å²) in [5.74, 6) is 0. The van der Waals surface area contributed by atoms with Gasteiger partial charge in [0.25, 0.3) is 0 Å². The van der Waals surface area contributed by atoms with Crippen LogP contribution in [-0.4, -0.2) is 0 Å². The van der Waals surface area contributed by atoms with Crippen LogP contribution >= 0.6 is 0 Å². The van der Waals surface area contributed by atoms with Crippen LogP contribution < -0.4 is 4.90 Å². The summed E-state index contributed by atoms with van der Waals surface area (Å²) in [7, 11) is 0. The van der Waals surface area contributed by atoms with Crippen LogP contribution in [0.2, 0.25) is 0 Å². The minimum absolute atomic E-state index is 0.873. The van der Waals surface area contributed by atoms with Crippen molar-refractivity contribution in [1.29, 1.82) is 0 Å². The Morgan fingerprint density at radius 2 is 0.698 bits per heavy atom. The van der Waals surface area contributed by atoms with Crippen molar-refractivity contribution >= 4 is 60.9 Å². The van der Waals surface area contributed by atoms with E-state index in [1.165, 1.54) is 22.3 Å². The first-order valence-corrected chi connectivity index (χ1v) is 21.4. The molecule has 0 spiro atoms. The molecule has 0 bridgehead atoms. The van der Waals surface area contributed by atoms with Gasteiger partial charge in [0.15, 0.2) is 0 Å². The lowest BCUT2D eigenvalue weighted by Gasteiger charge is -2.30. The molecule has 12 aromatic rings. The zero-order chi connectivity index (χ0) is 41.7. The van der Waals surface area contributed by atoms with Gasteiger partial charge in [-0.15, -0.1) is 0 Å². The third kappa shape index (κ3) is 6.21. The predicted molar refractivity (Wildman–Crippen MR) is 263 cm³/mol. The van der Waals surface area contributed by atoms with E-state index >= 15 is 0 Å². The van der Waals surface area contributed by atoms with Crippen molar-refractivity contribution in [2.24, 2.45) is 0 Å². The molecule has 0 amide bonds. The number of furan rings is 2. The monoisotopic (exact) mass is 805 g/mol. The molecule has 0 aliphatic carbocycles. The fourth-order valence-corrected chi connectivity index (χ4v) is 9.51. The molecule has 0 radical (unpaired) electrons.